The van der Waals surface area contributed by atoms with Crippen LogP contribution in [0.25, 0.3) is 11.4 Å². The Hall–Kier alpha value is -3.46. The summed E-state index contributed by atoms with van der Waals surface area (Å²) < 4.78 is 49.0. The van der Waals surface area contributed by atoms with Crippen molar-refractivity contribution in [3.63, 3.8) is 0 Å². The Morgan fingerprint density at radius 3 is 2.37 bits per heavy atom. The number of aliphatic hydroxyl groups is 1. The fourth-order valence-electron chi connectivity index (χ4n) is 6.28. The number of cyclic esters (lactones) is 1. The highest BCUT2D eigenvalue weighted by Crippen LogP contribution is 2.39. The van der Waals surface area contributed by atoms with E-state index in [1.54, 1.807) is 12.1 Å². The van der Waals surface area contributed by atoms with E-state index < -0.39 is 29.8 Å². The van der Waals surface area contributed by atoms with Gasteiger partial charge in [0.15, 0.2) is 5.78 Å². The lowest BCUT2D eigenvalue weighted by molar-refractivity contribution is -0.160. The van der Waals surface area contributed by atoms with Crippen molar-refractivity contribution >= 4 is 11.8 Å². The molecule has 2 atom stereocenters. The van der Waals surface area contributed by atoms with Crippen LogP contribution >= 0.6 is 0 Å². The highest BCUT2D eigenvalue weighted by Gasteiger charge is 2.34. The molecule has 1 aliphatic heterocycles. The summed E-state index contributed by atoms with van der Waals surface area (Å²) in [4.78, 5) is 30.7. The van der Waals surface area contributed by atoms with Crippen molar-refractivity contribution in [2.45, 2.75) is 89.4 Å². The molecule has 6 nitrogen and oxygen atoms in total. The summed E-state index contributed by atoms with van der Waals surface area (Å²) in [6, 6.07) is 9.61. The molecule has 5 rings (SSSR count). The lowest BCUT2D eigenvalue weighted by atomic mass is 9.76. The van der Waals surface area contributed by atoms with Gasteiger partial charge in [0.25, 0.3) is 0 Å². The number of ether oxygens (including phenoxy) is 1. The molecule has 1 aliphatic carbocycles. The van der Waals surface area contributed by atoms with E-state index in [0.29, 0.717) is 67.7 Å². The molecule has 0 radical (unpaired) electrons. The molecule has 1 saturated carbocycles. The number of esters is 1. The molecule has 2 heterocycles. The summed E-state index contributed by atoms with van der Waals surface area (Å²) in [5.74, 6) is -1.97. The van der Waals surface area contributed by atoms with Crippen LogP contribution in [-0.2, 0) is 16.1 Å². The van der Waals surface area contributed by atoms with Crippen molar-refractivity contribution in [2.75, 3.05) is 0 Å². The van der Waals surface area contributed by atoms with E-state index >= 15 is 0 Å². The minimum Gasteiger partial charge on any atom is -0.462 e. The molecule has 3 aromatic rings. The number of hydrogen-bond acceptors (Lipinski definition) is 5. The number of ketones is 1. The first-order chi connectivity index (χ1) is 19.6. The third kappa shape index (κ3) is 6.40. The van der Waals surface area contributed by atoms with Gasteiger partial charge in [-0.15, -0.1) is 0 Å². The number of Topliss-reactive ketones (excluding diaryl/α,β-unsaturated/α-hetero) is 1. The van der Waals surface area contributed by atoms with Crippen molar-refractivity contribution in [2.24, 2.45) is 5.92 Å². The maximum absolute atomic E-state index is 14.4. The summed E-state index contributed by atoms with van der Waals surface area (Å²) in [7, 11) is 0. The van der Waals surface area contributed by atoms with Crippen LogP contribution in [0, 0.1) is 23.4 Å². The molecule has 41 heavy (non-hydrogen) atoms. The summed E-state index contributed by atoms with van der Waals surface area (Å²) in [5.41, 5.74) is 2.26. The molecule has 0 amide bonds. The van der Waals surface area contributed by atoms with Gasteiger partial charge in [-0.05, 0) is 73.4 Å². The second-order valence-electron chi connectivity index (χ2n) is 11.6. The minimum atomic E-state index is -0.749. The number of hydrogen-bond donors (Lipinski definition) is 1. The number of nitrogens with zero attached hydrogens (tertiary/aromatic N) is 2. The lowest BCUT2D eigenvalue weighted by Crippen LogP contribution is -2.33. The first kappa shape index (κ1) is 29.0. The Balaban J connectivity index is 1.42. The molecule has 1 aromatic heterocycles. The highest BCUT2D eigenvalue weighted by molar-refractivity contribution is 5.98. The molecular formula is C32H35F3N2O4. The average molecular weight is 569 g/mol. The van der Waals surface area contributed by atoms with Gasteiger partial charge < -0.3 is 14.4 Å². The Labute approximate surface area is 237 Å². The van der Waals surface area contributed by atoms with Gasteiger partial charge in [-0.3, -0.25) is 9.59 Å². The van der Waals surface area contributed by atoms with Gasteiger partial charge in [0, 0.05) is 36.9 Å². The number of imidazole rings is 1. The van der Waals surface area contributed by atoms with Crippen LogP contribution in [0.5, 0.6) is 0 Å². The molecule has 0 bridgehead atoms. The quantitative estimate of drug-likeness (QED) is 0.242. The van der Waals surface area contributed by atoms with E-state index in [4.69, 9.17) is 9.72 Å². The number of rotatable bonds is 8. The van der Waals surface area contributed by atoms with Gasteiger partial charge in [-0.25, -0.2) is 18.2 Å². The van der Waals surface area contributed by atoms with E-state index in [1.165, 1.54) is 24.3 Å². The molecular weight excluding hydrogens is 533 g/mol. The van der Waals surface area contributed by atoms with E-state index in [2.05, 4.69) is 0 Å². The first-order valence-electron chi connectivity index (χ1n) is 14.3. The largest absolute Gasteiger partial charge is 0.462 e. The van der Waals surface area contributed by atoms with Gasteiger partial charge in [-0.2, -0.15) is 0 Å². The predicted octanol–water partition coefficient (Wildman–Crippen LogP) is 6.70. The third-order valence-electron chi connectivity index (χ3n) is 8.30. The predicted molar refractivity (Wildman–Crippen MR) is 147 cm³/mol. The molecule has 1 N–H and O–H groups in total. The smallest absolute Gasteiger partial charge is 0.308 e. The van der Waals surface area contributed by atoms with Crippen LogP contribution < -0.4 is 0 Å². The lowest BCUT2D eigenvalue weighted by Gasteiger charge is -2.28. The van der Waals surface area contributed by atoms with E-state index in [-0.39, 0.29) is 35.8 Å². The van der Waals surface area contributed by atoms with Crippen LogP contribution in [0.15, 0.2) is 42.5 Å². The minimum absolute atomic E-state index is 0.0195. The molecule has 0 spiro atoms. The maximum Gasteiger partial charge on any atom is 0.308 e. The Morgan fingerprint density at radius 2 is 1.73 bits per heavy atom. The summed E-state index contributed by atoms with van der Waals surface area (Å²) >= 11 is 0. The van der Waals surface area contributed by atoms with E-state index in [9.17, 15) is 27.9 Å². The van der Waals surface area contributed by atoms with Crippen molar-refractivity contribution < 1.29 is 32.6 Å². The van der Waals surface area contributed by atoms with Crippen molar-refractivity contribution in [3.8, 4) is 11.4 Å². The van der Waals surface area contributed by atoms with Crippen molar-refractivity contribution in [3.05, 3.63) is 76.9 Å². The molecule has 218 valence electrons. The average Bonchev–Trinajstić information content (AvgIpc) is 3.31. The zero-order valence-electron chi connectivity index (χ0n) is 23.3. The van der Waals surface area contributed by atoms with Gasteiger partial charge in [0.2, 0.25) is 0 Å². The van der Waals surface area contributed by atoms with Gasteiger partial charge in [-0.1, -0.05) is 19.9 Å². The van der Waals surface area contributed by atoms with Gasteiger partial charge >= 0.3 is 5.97 Å². The first-order valence-corrected chi connectivity index (χ1v) is 14.3. The number of benzene rings is 2. The number of carbonyl (C=O) groups is 2. The highest BCUT2D eigenvalue weighted by atomic mass is 19.1. The molecule has 1 saturated heterocycles. The van der Waals surface area contributed by atoms with Gasteiger partial charge in [0.1, 0.15) is 35.1 Å². The molecule has 2 fully saturated rings. The third-order valence-corrected chi connectivity index (χ3v) is 8.30. The van der Waals surface area contributed by atoms with Crippen LogP contribution in [0.4, 0.5) is 13.2 Å². The topological polar surface area (TPSA) is 81.4 Å². The number of aliphatic hydroxyl groups excluding tert-OH is 1. The van der Waals surface area contributed by atoms with E-state index in [1.807, 2.05) is 18.4 Å². The SMILES string of the molecule is CC(C)c1c(C(=O)C2CCC(c3ccc(F)cc3F)CC2)nc(-c2ccc(F)cc2)n1CC[C@@H]1C[C@@H](O)CC(=O)O1. The monoisotopic (exact) mass is 568 g/mol. The zero-order chi connectivity index (χ0) is 29.3. The standard InChI is InChI=1S/C32H35F3N2O4/c1-18(2)30-29(31(40)20-5-3-19(4-6-20)26-12-11-23(34)15-27(26)35)36-32(21-7-9-22(33)10-8-21)37(30)14-13-25-16-24(38)17-28(39)41-25/h7-12,15,18-20,24-25,38H,3-6,13-14,16-17H2,1-2H3/t19?,20?,24-,25-/m1/s1. The molecule has 0 unspecified atom stereocenters. The number of halogens is 3. The second-order valence-corrected chi connectivity index (χ2v) is 11.6. The molecule has 9 heteroatoms. The zero-order valence-corrected chi connectivity index (χ0v) is 23.3. The number of carbonyl (C=O) groups excluding carboxylic acids is 2. The summed E-state index contributed by atoms with van der Waals surface area (Å²) in [5, 5.41) is 10.1. The normalized spacial score (nSPS) is 23.0. The Bertz CT molecular complexity index is 1410. The molecule has 2 aliphatic rings. The fraction of sp³-hybridized carbons (Fsp3) is 0.469. The number of aromatic nitrogens is 2. The molecule has 2 aromatic carbocycles. The van der Waals surface area contributed by atoms with Crippen LogP contribution in [0.1, 0.15) is 92.4 Å². The summed E-state index contributed by atoms with van der Waals surface area (Å²) in [6.07, 6.45) is 1.88. The Kier molecular flexibility index (Phi) is 8.63. The fourth-order valence-corrected chi connectivity index (χ4v) is 6.28. The maximum atomic E-state index is 14.4. The van der Waals surface area contributed by atoms with Crippen LogP contribution in [0.2, 0.25) is 0 Å². The summed E-state index contributed by atoms with van der Waals surface area (Å²) in [6.45, 7) is 4.36. The van der Waals surface area contributed by atoms with Gasteiger partial charge in [0.05, 0.1) is 18.2 Å². The van der Waals surface area contributed by atoms with E-state index in [0.717, 1.165) is 11.8 Å². The van der Waals surface area contributed by atoms with Crippen molar-refractivity contribution in [1.29, 1.82) is 0 Å². The Morgan fingerprint density at radius 1 is 1.05 bits per heavy atom. The second kappa shape index (κ2) is 12.2. The van der Waals surface area contributed by atoms with Crippen LogP contribution in [-0.4, -0.2) is 38.6 Å². The van der Waals surface area contributed by atoms with Crippen molar-refractivity contribution in [1.82, 2.24) is 9.55 Å². The van der Waals surface area contributed by atoms with Crippen LogP contribution in [0.3, 0.4) is 0 Å².